The molecule has 0 radical (unpaired) electrons. The van der Waals surface area contributed by atoms with E-state index in [1.54, 1.807) is 12.1 Å². The lowest BCUT2D eigenvalue weighted by molar-refractivity contribution is -0.134. The molecule has 0 spiro atoms. The van der Waals surface area contributed by atoms with E-state index in [4.69, 9.17) is 4.74 Å². The lowest BCUT2D eigenvalue weighted by atomic mass is 10.1. The van der Waals surface area contributed by atoms with E-state index in [9.17, 15) is 13.2 Å². The molecule has 2 aromatic carbocycles. The van der Waals surface area contributed by atoms with Crippen LogP contribution >= 0.6 is 15.9 Å². The maximum absolute atomic E-state index is 11.6. The fraction of sp³-hybridized carbons (Fsp3) is 0.214. The number of hydrogen-bond donors (Lipinski definition) is 0. The third-order valence-electron chi connectivity index (χ3n) is 2.61. The lowest BCUT2D eigenvalue weighted by Gasteiger charge is -2.06. The van der Waals surface area contributed by atoms with Gasteiger partial charge in [-0.05, 0) is 35.0 Å². The van der Waals surface area contributed by atoms with E-state index in [1.807, 2.05) is 24.3 Å². The van der Waals surface area contributed by atoms with Crippen molar-refractivity contribution in [1.29, 1.82) is 0 Å². The van der Waals surface area contributed by atoms with Crippen LogP contribution in [0.4, 0.5) is 0 Å². The van der Waals surface area contributed by atoms with Gasteiger partial charge in [-0.25, -0.2) is 0 Å². The van der Waals surface area contributed by atoms with Crippen LogP contribution in [0.25, 0.3) is 10.8 Å². The van der Waals surface area contributed by atoms with Crippen molar-refractivity contribution < 1.29 is 22.1 Å². The molecule has 0 saturated carbocycles. The second-order valence-electron chi connectivity index (χ2n) is 4.40. The van der Waals surface area contributed by atoms with Crippen LogP contribution in [0.3, 0.4) is 0 Å². The maximum Gasteiger partial charge on any atom is 0.313 e. The number of esters is 1. The minimum atomic E-state index is -3.54. The lowest BCUT2D eigenvalue weighted by Crippen LogP contribution is -2.13. The number of hydrogen-bond acceptors (Lipinski definition) is 5. The average molecular weight is 373 g/mol. The standard InChI is InChI=1S/C14H13BrO5S/c1-21(17,18)19-7-6-14(16)20-13-5-3-10-8-12(15)4-2-11(10)9-13/h2-5,8-9H,6-7H2,1H3. The Labute approximate surface area is 131 Å². The Kier molecular flexibility index (Phi) is 4.97. The highest BCUT2D eigenvalue weighted by atomic mass is 79.9. The van der Waals surface area contributed by atoms with Crippen LogP contribution in [0.1, 0.15) is 6.42 Å². The van der Waals surface area contributed by atoms with Crippen LogP contribution in [0.5, 0.6) is 5.75 Å². The fourth-order valence-electron chi connectivity index (χ4n) is 1.72. The van der Waals surface area contributed by atoms with Gasteiger partial charge in [-0.15, -0.1) is 0 Å². The molecular weight excluding hydrogens is 360 g/mol. The SMILES string of the molecule is CS(=O)(=O)OCCC(=O)Oc1ccc2cc(Br)ccc2c1. The van der Waals surface area contributed by atoms with Crippen LogP contribution in [-0.2, 0) is 19.1 Å². The van der Waals surface area contributed by atoms with Gasteiger partial charge in [0.05, 0.1) is 19.3 Å². The van der Waals surface area contributed by atoms with Crippen LogP contribution < -0.4 is 4.74 Å². The summed E-state index contributed by atoms with van der Waals surface area (Å²) in [7, 11) is -3.54. The van der Waals surface area contributed by atoms with Gasteiger partial charge in [0.25, 0.3) is 10.1 Å². The predicted molar refractivity (Wildman–Crippen MR) is 82.7 cm³/mol. The zero-order valence-corrected chi connectivity index (χ0v) is 13.6. The van der Waals surface area contributed by atoms with Crippen LogP contribution in [0.15, 0.2) is 40.9 Å². The number of fused-ring (bicyclic) bond motifs is 1. The number of benzene rings is 2. The van der Waals surface area contributed by atoms with Crippen molar-refractivity contribution in [2.45, 2.75) is 6.42 Å². The number of halogens is 1. The molecule has 0 N–H and O–H groups in total. The van der Waals surface area contributed by atoms with Crippen LogP contribution in [0, 0.1) is 0 Å². The Hall–Kier alpha value is -1.44. The molecule has 0 fully saturated rings. The third-order valence-corrected chi connectivity index (χ3v) is 3.70. The van der Waals surface area contributed by atoms with Crippen molar-refractivity contribution in [2.75, 3.05) is 12.9 Å². The summed E-state index contributed by atoms with van der Waals surface area (Å²) in [6.07, 6.45) is 0.797. The Balaban J connectivity index is 1.99. The molecule has 0 amide bonds. The summed E-state index contributed by atoms with van der Waals surface area (Å²) in [6, 6.07) is 11.0. The van der Waals surface area contributed by atoms with Crippen molar-refractivity contribution in [3.63, 3.8) is 0 Å². The zero-order chi connectivity index (χ0) is 15.5. The van der Waals surface area contributed by atoms with Crippen molar-refractivity contribution in [1.82, 2.24) is 0 Å². The van der Waals surface area contributed by atoms with Crippen LogP contribution in [-0.4, -0.2) is 27.2 Å². The molecule has 5 nitrogen and oxygen atoms in total. The number of rotatable bonds is 5. The van der Waals surface area contributed by atoms with Crippen LogP contribution in [0.2, 0.25) is 0 Å². The highest BCUT2D eigenvalue weighted by Crippen LogP contribution is 2.24. The Morgan fingerprint density at radius 1 is 1.14 bits per heavy atom. The van der Waals surface area contributed by atoms with Gasteiger partial charge in [0.15, 0.2) is 0 Å². The summed E-state index contributed by atoms with van der Waals surface area (Å²) in [5.74, 6) is -0.135. The minimum absolute atomic E-state index is 0.133. The molecule has 0 atom stereocenters. The van der Waals surface area contributed by atoms with Gasteiger partial charge in [0.1, 0.15) is 5.75 Å². The minimum Gasteiger partial charge on any atom is -0.426 e. The quantitative estimate of drug-likeness (QED) is 0.458. The first-order valence-corrected chi connectivity index (χ1v) is 8.69. The Morgan fingerprint density at radius 3 is 2.52 bits per heavy atom. The molecule has 0 aliphatic rings. The third kappa shape index (κ3) is 5.11. The van der Waals surface area contributed by atoms with Gasteiger partial charge in [0.2, 0.25) is 0 Å². The van der Waals surface area contributed by atoms with E-state index in [0.717, 1.165) is 21.5 Å². The van der Waals surface area contributed by atoms with Gasteiger partial charge in [-0.3, -0.25) is 8.98 Å². The fourth-order valence-corrected chi connectivity index (χ4v) is 2.48. The summed E-state index contributed by atoms with van der Waals surface area (Å²) < 4.78 is 32.1. The Bertz CT molecular complexity index is 770. The topological polar surface area (TPSA) is 69.7 Å². The van der Waals surface area contributed by atoms with E-state index in [1.165, 1.54) is 0 Å². The molecule has 112 valence electrons. The number of carbonyl (C=O) groups excluding carboxylic acids is 1. The van der Waals surface area contributed by atoms with E-state index < -0.39 is 16.1 Å². The van der Waals surface area contributed by atoms with E-state index >= 15 is 0 Å². The summed E-state index contributed by atoms with van der Waals surface area (Å²) in [4.78, 5) is 11.6. The van der Waals surface area contributed by atoms with Gasteiger partial charge in [-0.1, -0.05) is 28.1 Å². The molecule has 0 saturated heterocycles. The summed E-state index contributed by atoms with van der Waals surface area (Å²) in [5, 5.41) is 1.96. The van der Waals surface area contributed by atoms with E-state index in [-0.39, 0.29) is 13.0 Å². The molecule has 0 heterocycles. The second kappa shape index (κ2) is 6.55. The molecule has 0 aliphatic heterocycles. The van der Waals surface area contributed by atoms with Crippen molar-refractivity contribution in [2.24, 2.45) is 0 Å². The highest BCUT2D eigenvalue weighted by Gasteiger charge is 2.08. The summed E-state index contributed by atoms with van der Waals surface area (Å²) in [5.41, 5.74) is 0. The smallest absolute Gasteiger partial charge is 0.313 e. The van der Waals surface area contributed by atoms with Gasteiger partial charge < -0.3 is 4.74 Å². The monoisotopic (exact) mass is 372 g/mol. The highest BCUT2D eigenvalue weighted by molar-refractivity contribution is 9.10. The number of ether oxygens (including phenoxy) is 1. The van der Waals surface area contributed by atoms with Gasteiger partial charge in [0, 0.05) is 4.47 Å². The normalized spacial score (nSPS) is 11.5. The first kappa shape index (κ1) is 15.9. The molecule has 0 bridgehead atoms. The summed E-state index contributed by atoms with van der Waals surface area (Å²) in [6.45, 7) is -0.224. The molecule has 0 aromatic heterocycles. The van der Waals surface area contributed by atoms with E-state index in [0.29, 0.717) is 5.75 Å². The van der Waals surface area contributed by atoms with Gasteiger partial charge in [-0.2, -0.15) is 8.42 Å². The van der Waals surface area contributed by atoms with Crippen molar-refractivity contribution in [3.8, 4) is 5.75 Å². The maximum atomic E-state index is 11.6. The molecule has 2 rings (SSSR count). The molecule has 0 unspecified atom stereocenters. The molecule has 7 heteroatoms. The number of carbonyl (C=O) groups is 1. The van der Waals surface area contributed by atoms with Gasteiger partial charge >= 0.3 is 5.97 Å². The molecule has 2 aromatic rings. The zero-order valence-electron chi connectivity index (χ0n) is 11.2. The van der Waals surface area contributed by atoms with Crippen molar-refractivity contribution >= 4 is 42.8 Å². The average Bonchev–Trinajstić information content (AvgIpc) is 2.37. The Morgan fingerprint density at radius 2 is 1.81 bits per heavy atom. The molecular formula is C14H13BrO5S. The van der Waals surface area contributed by atoms with E-state index in [2.05, 4.69) is 20.1 Å². The van der Waals surface area contributed by atoms with Crippen molar-refractivity contribution in [3.05, 3.63) is 40.9 Å². The predicted octanol–water partition coefficient (Wildman–Crippen LogP) is 2.87. The second-order valence-corrected chi connectivity index (χ2v) is 6.96. The molecule has 21 heavy (non-hydrogen) atoms. The first-order valence-electron chi connectivity index (χ1n) is 6.08. The largest absolute Gasteiger partial charge is 0.426 e. The molecule has 0 aliphatic carbocycles. The first-order chi connectivity index (χ1) is 9.83. The summed E-state index contributed by atoms with van der Waals surface area (Å²) >= 11 is 3.39.